The van der Waals surface area contributed by atoms with Gasteiger partial charge in [-0.05, 0) is 31.9 Å². The summed E-state index contributed by atoms with van der Waals surface area (Å²) in [5.74, 6) is 0. The van der Waals surface area contributed by atoms with Crippen LogP contribution in [-0.4, -0.2) is 59.0 Å². The Morgan fingerprint density at radius 3 is 2.70 bits per heavy atom. The zero-order valence-electron chi connectivity index (χ0n) is 13.5. The van der Waals surface area contributed by atoms with Gasteiger partial charge in [-0.15, -0.1) is 0 Å². The molecule has 0 saturated carbocycles. The summed E-state index contributed by atoms with van der Waals surface area (Å²) in [7, 11) is 1.98. The van der Waals surface area contributed by atoms with Gasteiger partial charge >= 0.3 is 0 Å². The Hall–Kier alpha value is -1.45. The number of nitrogens with zero attached hydrogens (tertiary/aromatic N) is 3. The average Bonchev–Trinajstić information content (AvgIpc) is 2.98. The van der Waals surface area contributed by atoms with Crippen LogP contribution in [0.3, 0.4) is 0 Å². The summed E-state index contributed by atoms with van der Waals surface area (Å²) in [6, 6.07) is 12.8. The lowest BCUT2D eigenvalue weighted by molar-refractivity contribution is -0.200. The number of likely N-dealkylation sites (tertiary alicyclic amines) is 1. The highest BCUT2D eigenvalue weighted by atomic mass is 16.5. The molecule has 3 atom stereocenters. The van der Waals surface area contributed by atoms with Crippen LogP contribution in [0.2, 0.25) is 0 Å². The van der Waals surface area contributed by atoms with Gasteiger partial charge in [0.1, 0.15) is 17.4 Å². The molecule has 0 bridgehead atoms. The Balaban J connectivity index is 1.75. The lowest BCUT2D eigenvalue weighted by Gasteiger charge is -2.59. The normalized spacial score (nSPS) is 36.9. The standard InChI is InChI=1S/C18H23N3O2/c1-20-12-18(22,13-20)17(11-19)9-5-8-16-21(17)15(10-23-16)14-6-3-2-4-7-14/h2-4,6-7,15-16,22H,5,8-10,12-13H2,1H3/t15-,16+,17-/m1/s1. The molecule has 122 valence electrons. The number of hydrogen-bond acceptors (Lipinski definition) is 5. The van der Waals surface area contributed by atoms with Gasteiger partial charge in [-0.2, -0.15) is 5.26 Å². The molecule has 5 heteroatoms. The molecule has 1 aromatic carbocycles. The summed E-state index contributed by atoms with van der Waals surface area (Å²) in [5.41, 5.74) is -0.678. The summed E-state index contributed by atoms with van der Waals surface area (Å²) in [4.78, 5) is 4.25. The smallest absolute Gasteiger partial charge is 0.143 e. The average molecular weight is 313 g/mol. The van der Waals surface area contributed by atoms with E-state index in [4.69, 9.17) is 4.74 Å². The first-order chi connectivity index (χ1) is 11.1. The van der Waals surface area contributed by atoms with E-state index in [9.17, 15) is 10.4 Å². The molecule has 23 heavy (non-hydrogen) atoms. The lowest BCUT2D eigenvalue weighted by atomic mass is 9.68. The number of benzene rings is 1. The molecule has 5 nitrogen and oxygen atoms in total. The van der Waals surface area contributed by atoms with Crippen molar-refractivity contribution < 1.29 is 9.84 Å². The van der Waals surface area contributed by atoms with Crippen molar-refractivity contribution in [3.63, 3.8) is 0 Å². The fourth-order valence-corrected chi connectivity index (χ4v) is 4.69. The van der Waals surface area contributed by atoms with E-state index in [2.05, 4.69) is 28.0 Å². The van der Waals surface area contributed by atoms with Crippen molar-refractivity contribution in [2.45, 2.75) is 42.7 Å². The molecule has 1 N–H and O–H groups in total. The van der Waals surface area contributed by atoms with E-state index < -0.39 is 11.1 Å². The minimum absolute atomic E-state index is 0.0380. The minimum Gasteiger partial charge on any atom is -0.384 e. The largest absolute Gasteiger partial charge is 0.384 e. The number of aliphatic hydroxyl groups is 1. The first-order valence-corrected chi connectivity index (χ1v) is 8.37. The number of fused-ring (bicyclic) bond motifs is 1. The molecular weight excluding hydrogens is 290 g/mol. The van der Waals surface area contributed by atoms with Gasteiger partial charge in [0, 0.05) is 13.1 Å². The highest BCUT2D eigenvalue weighted by Gasteiger charge is 2.65. The second-order valence-electron chi connectivity index (χ2n) is 7.19. The van der Waals surface area contributed by atoms with Gasteiger partial charge < -0.3 is 14.7 Å². The van der Waals surface area contributed by atoms with Crippen molar-refractivity contribution in [2.24, 2.45) is 0 Å². The van der Waals surface area contributed by atoms with Crippen molar-refractivity contribution >= 4 is 0 Å². The third-order valence-electron chi connectivity index (χ3n) is 5.73. The van der Waals surface area contributed by atoms with Crippen molar-refractivity contribution in [1.82, 2.24) is 9.80 Å². The van der Waals surface area contributed by atoms with Crippen molar-refractivity contribution in [2.75, 3.05) is 26.7 Å². The molecular formula is C18H23N3O2. The molecule has 3 aliphatic rings. The van der Waals surface area contributed by atoms with Crippen LogP contribution in [-0.2, 0) is 4.74 Å². The number of likely N-dealkylation sites (N-methyl/N-ethyl adjacent to an activating group) is 1. The van der Waals surface area contributed by atoms with Gasteiger partial charge in [0.25, 0.3) is 0 Å². The second kappa shape index (κ2) is 5.29. The van der Waals surface area contributed by atoms with E-state index in [1.807, 2.05) is 25.2 Å². The number of nitriles is 1. The predicted molar refractivity (Wildman–Crippen MR) is 85.4 cm³/mol. The number of hydrogen-bond donors (Lipinski definition) is 1. The van der Waals surface area contributed by atoms with Crippen LogP contribution < -0.4 is 0 Å². The highest BCUT2D eigenvalue weighted by Crippen LogP contribution is 2.50. The summed E-state index contributed by atoms with van der Waals surface area (Å²) in [6.45, 7) is 1.68. The van der Waals surface area contributed by atoms with Crippen LogP contribution in [0.5, 0.6) is 0 Å². The maximum absolute atomic E-state index is 11.2. The molecule has 0 unspecified atom stereocenters. The predicted octanol–water partition coefficient (Wildman–Crippen LogP) is 1.51. The maximum atomic E-state index is 11.2. The van der Waals surface area contributed by atoms with E-state index in [0.29, 0.717) is 26.1 Å². The topological polar surface area (TPSA) is 59.7 Å². The summed E-state index contributed by atoms with van der Waals surface area (Å²) < 4.78 is 6.02. The molecule has 0 aliphatic carbocycles. The zero-order chi connectivity index (χ0) is 16.1. The number of β-amino-alcohol motifs (C(OH)–C–C–N with tert-alkyl or cyclic N) is 1. The molecule has 3 fully saturated rings. The SMILES string of the molecule is CN1CC(O)([C@]2(C#N)CCC[C@@H]3OC[C@H](c4ccccc4)N32)C1. The van der Waals surface area contributed by atoms with Crippen LogP contribution >= 0.6 is 0 Å². The van der Waals surface area contributed by atoms with Gasteiger partial charge in [0.05, 0.1) is 18.7 Å². The third kappa shape index (κ3) is 2.06. The Bertz CT molecular complexity index is 623. The Labute approximate surface area is 137 Å². The van der Waals surface area contributed by atoms with Gasteiger partial charge in [-0.3, -0.25) is 0 Å². The first-order valence-electron chi connectivity index (χ1n) is 8.37. The molecule has 3 saturated heterocycles. The fourth-order valence-electron chi connectivity index (χ4n) is 4.69. The van der Waals surface area contributed by atoms with Crippen LogP contribution in [0.4, 0.5) is 0 Å². The minimum atomic E-state index is -0.976. The summed E-state index contributed by atoms with van der Waals surface area (Å²) in [5, 5.41) is 21.3. The van der Waals surface area contributed by atoms with Crippen LogP contribution in [0.1, 0.15) is 30.9 Å². The zero-order valence-corrected chi connectivity index (χ0v) is 13.5. The highest BCUT2D eigenvalue weighted by molar-refractivity contribution is 5.30. The lowest BCUT2D eigenvalue weighted by Crippen LogP contribution is -2.77. The molecule has 0 radical (unpaired) electrons. The van der Waals surface area contributed by atoms with E-state index in [1.54, 1.807) is 0 Å². The molecule has 0 aromatic heterocycles. The van der Waals surface area contributed by atoms with E-state index >= 15 is 0 Å². The maximum Gasteiger partial charge on any atom is 0.143 e. The van der Waals surface area contributed by atoms with Gasteiger partial charge in [-0.1, -0.05) is 30.3 Å². The van der Waals surface area contributed by atoms with Crippen LogP contribution in [0.15, 0.2) is 30.3 Å². The van der Waals surface area contributed by atoms with Gasteiger partial charge in [0.15, 0.2) is 0 Å². The van der Waals surface area contributed by atoms with Gasteiger partial charge in [0.2, 0.25) is 0 Å². The number of rotatable bonds is 2. The summed E-state index contributed by atoms with van der Waals surface area (Å²) >= 11 is 0. The Morgan fingerprint density at radius 1 is 1.30 bits per heavy atom. The first kappa shape index (κ1) is 15.1. The molecule has 0 spiro atoms. The molecule has 4 rings (SSSR count). The quantitative estimate of drug-likeness (QED) is 0.897. The molecule has 0 amide bonds. The number of piperidine rings is 1. The third-order valence-corrected chi connectivity index (χ3v) is 5.73. The van der Waals surface area contributed by atoms with Crippen molar-refractivity contribution in [3.05, 3.63) is 35.9 Å². The van der Waals surface area contributed by atoms with E-state index in [1.165, 1.54) is 0 Å². The monoisotopic (exact) mass is 313 g/mol. The van der Waals surface area contributed by atoms with E-state index in [0.717, 1.165) is 18.4 Å². The second-order valence-corrected chi connectivity index (χ2v) is 7.19. The molecule has 1 aromatic rings. The Morgan fingerprint density at radius 2 is 2.04 bits per heavy atom. The van der Waals surface area contributed by atoms with Crippen LogP contribution in [0, 0.1) is 11.3 Å². The van der Waals surface area contributed by atoms with Crippen molar-refractivity contribution in [3.8, 4) is 6.07 Å². The molecule has 3 aliphatic heterocycles. The van der Waals surface area contributed by atoms with E-state index in [-0.39, 0.29) is 12.3 Å². The van der Waals surface area contributed by atoms with Crippen molar-refractivity contribution in [1.29, 1.82) is 5.26 Å². The summed E-state index contributed by atoms with van der Waals surface area (Å²) in [6.07, 6.45) is 2.49. The van der Waals surface area contributed by atoms with Crippen LogP contribution in [0.25, 0.3) is 0 Å². The Kier molecular flexibility index (Phi) is 3.47. The fraction of sp³-hybridized carbons (Fsp3) is 0.611. The van der Waals surface area contributed by atoms with Gasteiger partial charge in [-0.25, -0.2) is 4.90 Å². The molecule has 3 heterocycles. The number of ether oxygens (including phenoxy) is 1.